The fourth-order valence-electron chi connectivity index (χ4n) is 4.73. The molecule has 0 spiro atoms. The van der Waals surface area contributed by atoms with Gasteiger partial charge in [0.2, 0.25) is 0 Å². The second kappa shape index (κ2) is 7.97. The van der Waals surface area contributed by atoms with E-state index in [9.17, 15) is 4.79 Å². The van der Waals surface area contributed by atoms with E-state index in [0.717, 1.165) is 34.3 Å². The van der Waals surface area contributed by atoms with Gasteiger partial charge in [0.1, 0.15) is 5.52 Å². The Balaban J connectivity index is 1.39. The molecule has 0 unspecified atom stereocenters. The standard InChI is InChI=1S/C22H23Cl2N5O2/c1-13-20-14(7-15(23)8-16(20)24)3-4-29(13)22(30)19-11-28(5-6-31-19)18-10-25-9-17-21(18)27(2)12-26-17/h7-10,12-13,19H,3-6,11H2,1-2H3/t13-,19+/m0/s1. The van der Waals surface area contributed by atoms with Gasteiger partial charge < -0.3 is 19.1 Å². The maximum atomic E-state index is 13.5. The molecule has 0 radical (unpaired) electrons. The smallest absolute Gasteiger partial charge is 0.254 e. The lowest BCUT2D eigenvalue weighted by atomic mass is 9.93. The summed E-state index contributed by atoms with van der Waals surface area (Å²) in [5.41, 5.74) is 4.89. The molecule has 2 atom stereocenters. The molecule has 0 bridgehead atoms. The number of fused-ring (bicyclic) bond motifs is 2. The van der Waals surface area contributed by atoms with Crippen molar-refractivity contribution >= 4 is 45.8 Å². The largest absolute Gasteiger partial charge is 0.365 e. The number of halogens is 2. The summed E-state index contributed by atoms with van der Waals surface area (Å²) < 4.78 is 7.91. The van der Waals surface area contributed by atoms with Crippen LogP contribution >= 0.6 is 23.2 Å². The first-order chi connectivity index (χ1) is 14.9. The Hall–Kier alpha value is -2.35. The Bertz CT molecular complexity index is 1160. The van der Waals surface area contributed by atoms with Crippen LogP contribution in [0.3, 0.4) is 0 Å². The van der Waals surface area contributed by atoms with Gasteiger partial charge in [0.05, 0.1) is 49.1 Å². The molecule has 31 heavy (non-hydrogen) atoms. The predicted molar refractivity (Wildman–Crippen MR) is 121 cm³/mol. The quantitative estimate of drug-likeness (QED) is 0.585. The zero-order chi connectivity index (χ0) is 21.7. The summed E-state index contributed by atoms with van der Waals surface area (Å²) in [4.78, 5) is 26.2. The number of aryl methyl sites for hydroxylation is 1. The van der Waals surface area contributed by atoms with Gasteiger partial charge in [0.25, 0.3) is 5.91 Å². The second-order valence-electron chi connectivity index (χ2n) is 8.11. The van der Waals surface area contributed by atoms with E-state index in [1.165, 1.54) is 0 Å². The molecule has 1 amide bonds. The Labute approximate surface area is 190 Å². The Morgan fingerprint density at radius 1 is 1.23 bits per heavy atom. The first kappa shape index (κ1) is 20.5. The van der Waals surface area contributed by atoms with Gasteiger partial charge in [-0.3, -0.25) is 9.78 Å². The third-order valence-electron chi connectivity index (χ3n) is 6.25. The van der Waals surface area contributed by atoms with Crippen molar-refractivity contribution in [2.45, 2.75) is 25.5 Å². The number of nitrogens with zero attached hydrogens (tertiary/aromatic N) is 5. The molecule has 7 nitrogen and oxygen atoms in total. The molecule has 5 rings (SSSR count). The average molecular weight is 460 g/mol. The molecule has 4 heterocycles. The number of morpholine rings is 1. The number of hydrogen-bond donors (Lipinski definition) is 0. The number of pyridine rings is 1. The maximum Gasteiger partial charge on any atom is 0.254 e. The van der Waals surface area contributed by atoms with Crippen LogP contribution < -0.4 is 4.90 Å². The third-order valence-corrected chi connectivity index (χ3v) is 6.79. The third kappa shape index (κ3) is 3.54. The number of aromatic nitrogens is 3. The maximum absolute atomic E-state index is 13.5. The summed E-state index contributed by atoms with van der Waals surface area (Å²) >= 11 is 12.7. The van der Waals surface area contributed by atoms with E-state index in [0.29, 0.717) is 36.3 Å². The minimum Gasteiger partial charge on any atom is -0.365 e. The topological polar surface area (TPSA) is 63.5 Å². The summed E-state index contributed by atoms with van der Waals surface area (Å²) in [6, 6.07) is 3.55. The zero-order valence-corrected chi connectivity index (χ0v) is 18.9. The highest BCUT2D eigenvalue weighted by atomic mass is 35.5. The van der Waals surface area contributed by atoms with E-state index in [4.69, 9.17) is 27.9 Å². The van der Waals surface area contributed by atoms with E-state index < -0.39 is 6.10 Å². The molecular formula is C22H23Cl2N5O2. The van der Waals surface area contributed by atoms with Gasteiger partial charge >= 0.3 is 0 Å². The van der Waals surface area contributed by atoms with Crippen LogP contribution in [0.15, 0.2) is 30.9 Å². The lowest BCUT2D eigenvalue weighted by Gasteiger charge is -2.40. The summed E-state index contributed by atoms with van der Waals surface area (Å²) in [6.07, 6.45) is 5.54. The van der Waals surface area contributed by atoms with Crippen LogP contribution in [0.1, 0.15) is 24.1 Å². The normalized spacial score (nSPS) is 21.4. The molecule has 9 heteroatoms. The highest BCUT2D eigenvalue weighted by Gasteiger charge is 2.36. The molecule has 0 N–H and O–H groups in total. The van der Waals surface area contributed by atoms with Crippen LogP contribution in [0.25, 0.3) is 11.0 Å². The molecule has 0 aliphatic carbocycles. The Kier molecular flexibility index (Phi) is 5.28. The highest BCUT2D eigenvalue weighted by Crippen LogP contribution is 2.37. The van der Waals surface area contributed by atoms with E-state index >= 15 is 0 Å². The number of imidazole rings is 1. The molecule has 2 aliphatic rings. The molecule has 162 valence electrons. The lowest BCUT2D eigenvalue weighted by molar-refractivity contribution is -0.147. The van der Waals surface area contributed by atoms with Crippen LogP contribution in [0.4, 0.5) is 5.69 Å². The number of benzene rings is 1. The van der Waals surface area contributed by atoms with Crippen molar-refractivity contribution in [1.82, 2.24) is 19.4 Å². The van der Waals surface area contributed by atoms with E-state index in [2.05, 4.69) is 14.9 Å². The van der Waals surface area contributed by atoms with E-state index in [1.807, 2.05) is 35.7 Å². The van der Waals surface area contributed by atoms with Crippen molar-refractivity contribution in [3.63, 3.8) is 0 Å². The van der Waals surface area contributed by atoms with Crippen LogP contribution in [0.2, 0.25) is 10.0 Å². The highest BCUT2D eigenvalue weighted by molar-refractivity contribution is 6.35. The van der Waals surface area contributed by atoms with Gasteiger partial charge in [-0.1, -0.05) is 23.2 Å². The molecule has 1 fully saturated rings. The van der Waals surface area contributed by atoms with Crippen molar-refractivity contribution < 1.29 is 9.53 Å². The molecule has 3 aromatic rings. The lowest BCUT2D eigenvalue weighted by Crippen LogP contribution is -2.53. The first-order valence-corrected chi connectivity index (χ1v) is 11.1. The van der Waals surface area contributed by atoms with Crippen LogP contribution in [0.5, 0.6) is 0 Å². The average Bonchev–Trinajstić information content (AvgIpc) is 3.14. The van der Waals surface area contributed by atoms with E-state index in [-0.39, 0.29) is 11.9 Å². The zero-order valence-electron chi connectivity index (χ0n) is 17.4. The monoisotopic (exact) mass is 459 g/mol. The Morgan fingerprint density at radius 3 is 2.90 bits per heavy atom. The molecule has 1 saturated heterocycles. The summed E-state index contributed by atoms with van der Waals surface area (Å²) in [5.74, 6) is -0.0148. The van der Waals surface area contributed by atoms with Crippen LogP contribution in [-0.2, 0) is 23.0 Å². The van der Waals surface area contributed by atoms with Crippen molar-refractivity contribution in [2.24, 2.45) is 7.05 Å². The molecule has 2 aliphatic heterocycles. The molecule has 1 aromatic carbocycles. The number of hydrogen-bond acceptors (Lipinski definition) is 5. The van der Waals surface area contributed by atoms with Gasteiger partial charge in [0, 0.05) is 30.2 Å². The first-order valence-electron chi connectivity index (χ1n) is 10.3. The van der Waals surface area contributed by atoms with Crippen molar-refractivity contribution in [2.75, 3.05) is 31.1 Å². The van der Waals surface area contributed by atoms with Crippen LogP contribution in [0, 0.1) is 0 Å². The Morgan fingerprint density at radius 2 is 2.06 bits per heavy atom. The van der Waals surface area contributed by atoms with Gasteiger partial charge in [-0.25, -0.2) is 4.98 Å². The van der Waals surface area contributed by atoms with Crippen LogP contribution in [-0.4, -0.2) is 57.7 Å². The number of ether oxygens (including phenoxy) is 1. The van der Waals surface area contributed by atoms with Gasteiger partial charge in [0.15, 0.2) is 6.10 Å². The number of rotatable bonds is 2. The van der Waals surface area contributed by atoms with Crippen molar-refractivity contribution in [3.05, 3.63) is 52.0 Å². The molecule has 0 saturated carbocycles. The van der Waals surface area contributed by atoms with Crippen molar-refractivity contribution in [3.8, 4) is 0 Å². The van der Waals surface area contributed by atoms with Crippen molar-refractivity contribution in [1.29, 1.82) is 0 Å². The fraction of sp³-hybridized carbons (Fsp3) is 0.409. The minimum absolute atomic E-state index is 0.0148. The second-order valence-corrected chi connectivity index (χ2v) is 8.95. The minimum atomic E-state index is -0.549. The van der Waals surface area contributed by atoms with Gasteiger partial charge in [-0.15, -0.1) is 0 Å². The molecular weight excluding hydrogens is 437 g/mol. The SMILES string of the molecule is C[C@H]1c2c(Cl)cc(Cl)cc2CCN1C(=O)[C@H]1CN(c2cncc3ncn(C)c23)CCO1. The van der Waals surface area contributed by atoms with Gasteiger partial charge in [-0.05, 0) is 36.6 Å². The van der Waals surface area contributed by atoms with E-state index in [1.54, 1.807) is 18.6 Å². The number of anilines is 1. The number of carbonyl (C=O) groups is 1. The fourth-order valence-corrected chi connectivity index (χ4v) is 5.43. The molecule has 2 aromatic heterocycles. The summed E-state index contributed by atoms with van der Waals surface area (Å²) in [5, 5.41) is 1.23. The summed E-state index contributed by atoms with van der Waals surface area (Å²) in [6.45, 7) is 4.26. The number of carbonyl (C=O) groups excluding carboxylic acids is 1. The predicted octanol–water partition coefficient (Wildman–Crippen LogP) is 3.63. The van der Waals surface area contributed by atoms with Gasteiger partial charge in [-0.2, -0.15) is 0 Å². The summed E-state index contributed by atoms with van der Waals surface area (Å²) in [7, 11) is 1.96. The number of amides is 1.